The van der Waals surface area contributed by atoms with E-state index in [0.717, 1.165) is 12.3 Å². The molecule has 0 unspecified atom stereocenters. The van der Waals surface area contributed by atoms with Crippen LogP contribution in [0.5, 0.6) is 0 Å². The van der Waals surface area contributed by atoms with Crippen LogP contribution in [0.3, 0.4) is 0 Å². The van der Waals surface area contributed by atoms with E-state index in [-0.39, 0.29) is 0 Å². The summed E-state index contributed by atoms with van der Waals surface area (Å²) < 4.78 is 0. The second-order valence-corrected chi connectivity index (χ2v) is 10.9. The van der Waals surface area contributed by atoms with Crippen molar-refractivity contribution >= 4 is 0 Å². The molecule has 0 rings (SSSR count). The molecule has 1 N–H and O–H groups in total. The molecule has 0 aliphatic carbocycles. The molecule has 0 spiro atoms. The van der Waals surface area contributed by atoms with Crippen molar-refractivity contribution in [1.82, 2.24) is 0 Å². The second kappa shape index (κ2) is 29.0. The van der Waals surface area contributed by atoms with E-state index in [1.54, 1.807) is 0 Å². The van der Waals surface area contributed by atoms with Crippen molar-refractivity contribution in [3.8, 4) is 0 Å². The molecule has 1 atom stereocenters. The third kappa shape index (κ3) is 28.0. The van der Waals surface area contributed by atoms with Crippen LogP contribution in [-0.4, -0.2) is 11.7 Å². The lowest BCUT2D eigenvalue weighted by Gasteiger charge is -2.07. The molecule has 32 heavy (non-hydrogen) atoms. The summed E-state index contributed by atoms with van der Waals surface area (Å²) in [6, 6.07) is 0. The van der Waals surface area contributed by atoms with Gasteiger partial charge in [-0.2, -0.15) is 0 Å². The monoisotopic (exact) mass is 452 g/mol. The van der Waals surface area contributed by atoms with Crippen LogP contribution in [0.25, 0.3) is 0 Å². The Morgan fingerprint density at radius 3 is 0.812 bits per heavy atom. The third-order valence-corrected chi connectivity index (χ3v) is 7.55. The highest BCUT2D eigenvalue weighted by atomic mass is 16.2. The van der Waals surface area contributed by atoms with Crippen LogP contribution in [0, 0.1) is 5.92 Å². The average molecular weight is 453 g/mol. The maximum atomic E-state index is 8.76. The van der Waals surface area contributed by atoms with Gasteiger partial charge in [0.15, 0.2) is 0 Å². The molecule has 194 valence electrons. The molecule has 0 saturated heterocycles. The van der Waals surface area contributed by atoms with E-state index in [1.807, 2.05) is 0 Å². The Balaban J connectivity index is 3.01. The quantitative estimate of drug-likeness (QED) is 0.117. The molecule has 0 aliphatic rings. The summed E-state index contributed by atoms with van der Waals surface area (Å²) in [5, 5.41) is 8.76. The van der Waals surface area contributed by atoms with Gasteiger partial charge in [-0.3, -0.25) is 0 Å². The lowest BCUT2D eigenvalue weighted by Crippen LogP contribution is -1.91. The van der Waals surface area contributed by atoms with E-state index in [1.165, 1.54) is 167 Å². The van der Waals surface area contributed by atoms with E-state index in [2.05, 4.69) is 13.8 Å². The van der Waals surface area contributed by atoms with Gasteiger partial charge < -0.3 is 5.11 Å². The minimum absolute atomic E-state index is 0.374. The zero-order valence-electron chi connectivity index (χ0n) is 22.8. The van der Waals surface area contributed by atoms with Crippen LogP contribution < -0.4 is 0 Å². The Hall–Kier alpha value is -0.0400. The summed E-state index contributed by atoms with van der Waals surface area (Å²) in [5.74, 6) is 0.944. The van der Waals surface area contributed by atoms with Gasteiger partial charge >= 0.3 is 0 Å². The molecule has 0 bridgehead atoms. The van der Waals surface area contributed by atoms with Gasteiger partial charge in [0.1, 0.15) is 0 Å². The normalized spacial score (nSPS) is 12.5. The Morgan fingerprint density at radius 1 is 0.375 bits per heavy atom. The second-order valence-electron chi connectivity index (χ2n) is 10.9. The molecular weight excluding hydrogens is 388 g/mol. The first kappa shape index (κ1) is 32.0. The van der Waals surface area contributed by atoms with Crippen LogP contribution in [-0.2, 0) is 0 Å². The lowest BCUT2D eigenvalue weighted by molar-refractivity contribution is 0.282. The van der Waals surface area contributed by atoms with E-state index < -0.39 is 0 Å². The first-order valence-corrected chi connectivity index (χ1v) is 15.4. The number of hydrogen-bond acceptors (Lipinski definition) is 1. The molecule has 1 nitrogen and oxygen atoms in total. The van der Waals surface area contributed by atoms with Gasteiger partial charge in [-0.1, -0.05) is 181 Å². The lowest BCUT2D eigenvalue weighted by atomic mass is 9.99. The van der Waals surface area contributed by atoms with Gasteiger partial charge in [0.2, 0.25) is 0 Å². The zero-order chi connectivity index (χ0) is 23.4. The number of hydrogen-bond donors (Lipinski definition) is 1. The summed E-state index contributed by atoms with van der Waals surface area (Å²) >= 11 is 0. The van der Waals surface area contributed by atoms with Gasteiger partial charge in [-0.15, -0.1) is 0 Å². The SMILES string of the molecule is CC[C@@H](C)CCCCCCCCCCCCCCCCCCCCCCCCCCCO. The van der Waals surface area contributed by atoms with Gasteiger partial charge in [-0.05, 0) is 12.3 Å². The van der Waals surface area contributed by atoms with Crippen LogP contribution in [0.4, 0.5) is 0 Å². The minimum Gasteiger partial charge on any atom is -0.396 e. The van der Waals surface area contributed by atoms with Crippen LogP contribution >= 0.6 is 0 Å². The average Bonchev–Trinajstić information content (AvgIpc) is 2.81. The van der Waals surface area contributed by atoms with Crippen molar-refractivity contribution in [2.24, 2.45) is 5.92 Å². The summed E-state index contributed by atoms with van der Waals surface area (Å²) in [6.07, 6.45) is 38.5. The summed E-state index contributed by atoms with van der Waals surface area (Å²) in [4.78, 5) is 0. The maximum absolute atomic E-state index is 8.76. The predicted octanol–water partition coefficient (Wildman–Crippen LogP) is 11.2. The molecule has 0 aromatic carbocycles. The Bertz CT molecular complexity index is 314. The summed E-state index contributed by atoms with van der Waals surface area (Å²) in [7, 11) is 0. The fourth-order valence-electron chi connectivity index (χ4n) is 4.87. The molecule has 0 aromatic rings. The highest BCUT2D eigenvalue weighted by Gasteiger charge is 1.99. The van der Waals surface area contributed by atoms with Gasteiger partial charge in [0, 0.05) is 6.61 Å². The van der Waals surface area contributed by atoms with Crippen molar-refractivity contribution < 1.29 is 5.11 Å². The van der Waals surface area contributed by atoms with Crippen LogP contribution in [0.1, 0.15) is 187 Å². The van der Waals surface area contributed by atoms with Gasteiger partial charge in [0.25, 0.3) is 0 Å². The first-order chi connectivity index (χ1) is 15.8. The largest absolute Gasteiger partial charge is 0.396 e. The van der Waals surface area contributed by atoms with E-state index >= 15 is 0 Å². The Labute approximate surface area is 204 Å². The molecule has 0 fully saturated rings. The Morgan fingerprint density at radius 2 is 0.594 bits per heavy atom. The fourth-order valence-corrected chi connectivity index (χ4v) is 4.87. The molecule has 0 aliphatic heterocycles. The van der Waals surface area contributed by atoms with Crippen molar-refractivity contribution in [3.05, 3.63) is 0 Å². The molecule has 0 amide bonds. The minimum atomic E-state index is 0.374. The smallest absolute Gasteiger partial charge is 0.0431 e. The number of rotatable bonds is 28. The topological polar surface area (TPSA) is 20.2 Å². The van der Waals surface area contributed by atoms with Gasteiger partial charge in [-0.25, -0.2) is 0 Å². The van der Waals surface area contributed by atoms with E-state index in [0.29, 0.717) is 6.61 Å². The first-order valence-electron chi connectivity index (χ1n) is 15.4. The van der Waals surface area contributed by atoms with Crippen molar-refractivity contribution in [1.29, 1.82) is 0 Å². The number of aliphatic hydroxyl groups is 1. The number of aliphatic hydroxyl groups excluding tert-OH is 1. The molecule has 1 heteroatoms. The predicted molar refractivity (Wildman–Crippen MR) is 147 cm³/mol. The van der Waals surface area contributed by atoms with Gasteiger partial charge in [0.05, 0.1) is 0 Å². The number of unbranched alkanes of at least 4 members (excludes halogenated alkanes) is 24. The van der Waals surface area contributed by atoms with E-state index in [9.17, 15) is 0 Å². The van der Waals surface area contributed by atoms with Crippen molar-refractivity contribution in [2.75, 3.05) is 6.61 Å². The molecular formula is C31H64O. The Kier molecular flexibility index (Phi) is 29.0. The van der Waals surface area contributed by atoms with E-state index in [4.69, 9.17) is 5.11 Å². The molecule has 0 heterocycles. The maximum Gasteiger partial charge on any atom is 0.0431 e. The zero-order valence-corrected chi connectivity index (χ0v) is 22.8. The third-order valence-electron chi connectivity index (χ3n) is 7.55. The standard InChI is InChI=1S/C31H64O/c1-3-31(2)29-27-25-23-21-19-17-15-13-11-9-7-5-4-6-8-10-12-14-16-18-20-22-24-26-28-30-32/h31-32H,3-30H2,1-2H3/t31-/m1/s1. The van der Waals surface area contributed by atoms with Crippen molar-refractivity contribution in [3.63, 3.8) is 0 Å². The molecule has 0 radical (unpaired) electrons. The molecule has 0 saturated carbocycles. The van der Waals surface area contributed by atoms with Crippen LogP contribution in [0.2, 0.25) is 0 Å². The summed E-state index contributed by atoms with van der Waals surface area (Å²) in [6.45, 7) is 5.09. The highest BCUT2D eigenvalue weighted by Crippen LogP contribution is 2.17. The fraction of sp³-hybridized carbons (Fsp3) is 1.00. The molecule has 0 aromatic heterocycles. The van der Waals surface area contributed by atoms with Crippen LogP contribution in [0.15, 0.2) is 0 Å². The van der Waals surface area contributed by atoms with Crippen molar-refractivity contribution in [2.45, 2.75) is 187 Å². The highest BCUT2D eigenvalue weighted by molar-refractivity contribution is 4.53. The summed E-state index contributed by atoms with van der Waals surface area (Å²) in [5.41, 5.74) is 0.